The lowest BCUT2D eigenvalue weighted by Crippen LogP contribution is -1.97. The van der Waals surface area contributed by atoms with Crippen LogP contribution < -0.4 is 9.47 Å². The van der Waals surface area contributed by atoms with Gasteiger partial charge in [0.05, 0.1) is 42.4 Å². The predicted molar refractivity (Wildman–Crippen MR) is 90.9 cm³/mol. The summed E-state index contributed by atoms with van der Waals surface area (Å²) in [6.45, 7) is 1.91. The SMILES string of the molecule is COc1cc(/C=C(/C#N)c2cccc(C)c2)c([N+](=O)[O-])cc1OC. The number of nitrogens with zero attached hydrogens (tertiary/aromatic N) is 2. The predicted octanol–water partition coefficient (Wildman–Crippen LogP) is 3.98. The molecular weight excluding hydrogens is 308 g/mol. The zero-order valence-electron chi connectivity index (χ0n) is 13.6. The number of benzene rings is 2. The van der Waals surface area contributed by atoms with Crippen molar-refractivity contribution in [2.75, 3.05) is 14.2 Å². The summed E-state index contributed by atoms with van der Waals surface area (Å²) < 4.78 is 10.3. The average Bonchev–Trinajstić information content (AvgIpc) is 2.58. The molecule has 2 aromatic carbocycles. The second-order valence-electron chi connectivity index (χ2n) is 5.06. The number of methoxy groups -OCH3 is 2. The lowest BCUT2D eigenvalue weighted by atomic mass is 10.0. The molecule has 0 saturated heterocycles. The van der Waals surface area contributed by atoms with Crippen LogP contribution in [-0.2, 0) is 0 Å². The molecule has 0 aromatic heterocycles. The molecule has 0 spiro atoms. The molecule has 24 heavy (non-hydrogen) atoms. The molecule has 0 aliphatic heterocycles. The van der Waals surface area contributed by atoms with Crippen molar-refractivity contribution in [2.24, 2.45) is 0 Å². The van der Waals surface area contributed by atoms with Crippen LogP contribution in [0, 0.1) is 28.4 Å². The highest BCUT2D eigenvalue weighted by atomic mass is 16.6. The third kappa shape index (κ3) is 3.52. The molecule has 0 bridgehead atoms. The highest BCUT2D eigenvalue weighted by Crippen LogP contribution is 2.36. The van der Waals surface area contributed by atoms with Crippen molar-refractivity contribution in [3.05, 3.63) is 63.2 Å². The van der Waals surface area contributed by atoms with Crippen molar-refractivity contribution in [3.8, 4) is 17.6 Å². The van der Waals surface area contributed by atoms with Crippen molar-refractivity contribution in [3.63, 3.8) is 0 Å². The summed E-state index contributed by atoms with van der Waals surface area (Å²) in [5.74, 6) is 0.617. The Labute approximate surface area is 139 Å². The molecule has 0 atom stereocenters. The summed E-state index contributed by atoms with van der Waals surface area (Å²) in [5, 5.41) is 20.8. The maximum atomic E-state index is 11.3. The Morgan fingerprint density at radius 1 is 1.21 bits per heavy atom. The largest absolute Gasteiger partial charge is 0.493 e. The third-order valence-electron chi connectivity index (χ3n) is 3.48. The molecule has 0 N–H and O–H groups in total. The molecule has 122 valence electrons. The van der Waals surface area contributed by atoms with Gasteiger partial charge in [0.15, 0.2) is 11.5 Å². The van der Waals surface area contributed by atoms with Gasteiger partial charge in [0.25, 0.3) is 5.69 Å². The summed E-state index contributed by atoms with van der Waals surface area (Å²) in [6, 6.07) is 12.3. The smallest absolute Gasteiger partial charge is 0.280 e. The lowest BCUT2D eigenvalue weighted by molar-refractivity contribution is -0.385. The Morgan fingerprint density at radius 3 is 2.42 bits per heavy atom. The van der Waals surface area contributed by atoms with Crippen molar-refractivity contribution >= 4 is 17.3 Å². The van der Waals surface area contributed by atoms with E-state index in [1.54, 1.807) is 6.07 Å². The van der Waals surface area contributed by atoms with Crippen LogP contribution in [0.25, 0.3) is 11.6 Å². The maximum absolute atomic E-state index is 11.3. The van der Waals surface area contributed by atoms with Crippen LogP contribution in [0.5, 0.6) is 11.5 Å². The summed E-state index contributed by atoms with van der Waals surface area (Å²) in [6.07, 6.45) is 1.48. The third-order valence-corrected chi connectivity index (χ3v) is 3.48. The first kappa shape index (κ1) is 17.0. The van der Waals surface area contributed by atoms with Gasteiger partial charge in [-0.15, -0.1) is 0 Å². The van der Waals surface area contributed by atoms with Gasteiger partial charge in [0.1, 0.15) is 0 Å². The number of aryl methyl sites for hydroxylation is 1. The van der Waals surface area contributed by atoms with Gasteiger partial charge in [-0.3, -0.25) is 10.1 Å². The molecule has 0 heterocycles. The molecule has 0 aliphatic carbocycles. The monoisotopic (exact) mass is 324 g/mol. The number of hydrogen-bond acceptors (Lipinski definition) is 5. The Balaban J connectivity index is 2.65. The second kappa shape index (κ2) is 7.29. The zero-order chi connectivity index (χ0) is 17.7. The van der Waals surface area contributed by atoms with E-state index in [-0.39, 0.29) is 17.0 Å². The van der Waals surface area contributed by atoms with Gasteiger partial charge in [0, 0.05) is 0 Å². The molecule has 2 aromatic rings. The van der Waals surface area contributed by atoms with E-state index in [9.17, 15) is 15.4 Å². The van der Waals surface area contributed by atoms with Crippen LogP contribution in [0.2, 0.25) is 0 Å². The van der Waals surface area contributed by atoms with Gasteiger partial charge in [-0.25, -0.2) is 0 Å². The lowest BCUT2D eigenvalue weighted by Gasteiger charge is -2.09. The van der Waals surface area contributed by atoms with Crippen molar-refractivity contribution in [2.45, 2.75) is 6.92 Å². The van der Waals surface area contributed by atoms with Crippen molar-refractivity contribution in [1.82, 2.24) is 0 Å². The van der Waals surface area contributed by atoms with E-state index in [0.717, 1.165) is 5.56 Å². The molecule has 6 heteroatoms. The van der Waals surface area contributed by atoms with Crippen molar-refractivity contribution in [1.29, 1.82) is 5.26 Å². The topological polar surface area (TPSA) is 85.4 Å². The van der Waals surface area contributed by atoms with E-state index in [0.29, 0.717) is 16.9 Å². The van der Waals surface area contributed by atoms with Crippen LogP contribution >= 0.6 is 0 Å². The molecule has 0 radical (unpaired) electrons. The van der Waals surface area contributed by atoms with Crippen LogP contribution in [-0.4, -0.2) is 19.1 Å². The van der Waals surface area contributed by atoms with E-state index in [2.05, 4.69) is 6.07 Å². The fourth-order valence-electron chi connectivity index (χ4n) is 2.31. The number of hydrogen-bond donors (Lipinski definition) is 0. The Hall–Kier alpha value is -3.33. The number of nitro benzene ring substituents is 1. The number of ether oxygens (including phenoxy) is 2. The Morgan fingerprint density at radius 2 is 1.88 bits per heavy atom. The van der Waals surface area contributed by atoms with Gasteiger partial charge in [0.2, 0.25) is 0 Å². The highest BCUT2D eigenvalue weighted by molar-refractivity contribution is 5.91. The fraction of sp³-hybridized carbons (Fsp3) is 0.167. The second-order valence-corrected chi connectivity index (χ2v) is 5.06. The van der Waals surface area contributed by atoms with Gasteiger partial charge in [-0.2, -0.15) is 5.26 Å². The molecule has 0 fully saturated rings. The van der Waals surface area contributed by atoms with Crippen LogP contribution in [0.3, 0.4) is 0 Å². The van der Waals surface area contributed by atoms with Crippen LogP contribution in [0.4, 0.5) is 5.69 Å². The standard InChI is InChI=1S/C18H16N2O4/c1-12-5-4-6-13(7-12)15(11-19)8-14-9-17(23-2)18(24-3)10-16(14)20(21)22/h4-10H,1-3H3/b15-8-. The van der Waals surface area contributed by atoms with Crippen LogP contribution in [0.1, 0.15) is 16.7 Å². The Kier molecular flexibility index (Phi) is 5.17. The first-order valence-electron chi connectivity index (χ1n) is 7.09. The molecule has 0 saturated carbocycles. The van der Waals surface area contributed by atoms with Crippen molar-refractivity contribution < 1.29 is 14.4 Å². The number of nitriles is 1. The summed E-state index contributed by atoms with van der Waals surface area (Å²) in [4.78, 5) is 10.8. The molecular formula is C18H16N2O4. The van der Waals surface area contributed by atoms with E-state index < -0.39 is 4.92 Å². The van der Waals surface area contributed by atoms with Gasteiger partial charge in [-0.05, 0) is 24.6 Å². The molecule has 0 aliphatic rings. The summed E-state index contributed by atoms with van der Waals surface area (Å²) in [7, 11) is 2.85. The molecule has 0 amide bonds. The number of allylic oxidation sites excluding steroid dienone is 1. The first-order chi connectivity index (χ1) is 11.5. The van der Waals surface area contributed by atoms with Gasteiger partial charge < -0.3 is 9.47 Å². The van der Waals surface area contributed by atoms with E-state index in [4.69, 9.17) is 9.47 Å². The average molecular weight is 324 g/mol. The number of nitro groups is 1. The minimum atomic E-state index is -0.515. The quantitative estimate of drug-likeness (QED) is 0.359. The molecule has 0 unspecified atom stereocenters. The Bertz CT molecular complexity index is 851. The first-order valence-corrected chi connectivity index (χ1v) is 7.09. The van der Waals surface area contributed by atoms with E-state index >= 15 is 0 Å². The molecule has 2 rings (SSSR count). The van der Waals surface area contributed by atoms with Gasteiger partial charge >= 0.3 is 0 Å². The summed E-state index contributed by atoms with van der Waals surface area (Å²) >= 11 is 0. The highest BCUT2D eigenvalue weighted by Gasteiger charge is 2.19. The minimum absolute atomic E-state index is 0.159. The minimum Gasteiger partial charge on any atom is -0.493 e. The molecule has 6 nitrogen and oxygen atoms in total. The van der Waals surface area contributed by atoms with E-state index in [1.807, 2.05) is 25.1 Å². The number of rotatable bonds is 5. The zero-order valence-corrected chi connectivity index (χ0v) is 13.6. The fourth-order valence-corrected chi connectivity index (χ4v) is 2.31. The summed E-state index contributed by atoms with van der Waals surface area (Å²) in [5.41, 5.74) is 2.13. The maximum Gasteiger partial charge on any atom is 0.280 e. The van der Waals surface area contributed by atoms with Crippen LogP contribution in [0.15, 0.2) is 36.4 Å². The normalized spacial score (nSPS) is 10.8. The van der Waals surface area contributed by atoms with Gasteiger partial charge in [-0.1, -0.05) is 29.8 Å². The van der Waals surface area contributed by atoms with E-state index in [1.165, 1.54) is 32.4 Å².